The van der Waals surface area contributed by atoms with Gasteiger partial charge in [-0.05, 0) is 60.5 Å². The van der Waals surface area contributed by atoms with Crippen LogP contribution < -0.4 is 5.32 Å². The molecule has 0 aliphatic heterocycles. The van der Waals surface area contributed by atoms with Crippen LogP contribution in [0.25, 0.3) is 0 Å². The molecule has 1 nitrogen and oxygen atoms in total. The van der Waals surface area contributed by atoms with Crippen molar-refractivity contribution in [3.63, 3.8) is 0 Å². The van der Waals surface area contributed by atoms with Gasteiger partial charge in [0.15, 0.2) is 0 Å². The van der Waals surface area contributed by atoms with Crippen LogP contribution in [0.1, 0.15) is 47.2 Å². The predicted octanol–water partition coefficient (Wildman–Crippen LogP) is 4.84. The van der Waals surface area contributed by atoms with Crippen LogP contribution in [0.4, 0.5) is 0 Å². The smallest absolute Gasteiger partial charge is 0.0591 e. The molecule has 0 amide bonds. The molecule has 1 aliphatic carbocycles. The number of rotatable bonds is 4. The fraction of sp³-hybridized carbons (Fsp3) is 0.368. The number of benzene rings is 2. The van der Waals surface area contributed by atoms with Gasteiger partial charge in [0.25, 0.3) is 0 Å². The minimum Gasteiger partial charge on any atom is -0.306 e. The van der Waals surface area contributed by atoms with Crippen LogP contribution in [0.2, 0.25) is 5.02 Å². The zero-order valence-electron chi connectivity index (χ0n) is 12.7. The van der Waals surface area contributed by atoms with E-state index in [0.717, 1.165) is 17.1 Å². The Hall–Kier alpha value is -1.31. The maximum Gasteiger partial charge on any atom is 0.0591 e. The molecule has 1 N–H and O–H groups in total. The first-order valence-electron chi connectivity index (χ1n) is 7.80. The summed E-state index contributed by atoms with van der Waals surface area (Å²) in [4.78, 5) is 0. The highest BCUT2D eigenvalue weighted by Crippen LogP contribution is 2.33. The number of fused-ring (bicyclic) bond motifs is 1. The second kappa shape index (κ2) is 6.21. The molecule has 0 saturated heterocycles. The van der Waals surface area contributed by atoms with Crippen molar-refractivity contribution in [3.05, 3.63) is 69.2 Å². The zero-order valence-corrected chi connectivity index (χ0v) is 13.5. The van der Waals surface area contributed by atoms with E-state index in [-0.39, 0.29) is 6.04 Å². The summed E-state index contributed by atoms with van der Waals surface area (Å²) < 4.78 is 0. The summed E-state index contributed by atoms with van der Waals surface area (Å²) in [5, 5.41) is 4.47. The van der Waals surface area contributed by atoms with Crippen molar-refractivity contribution < 1.29 is 0 Å². The second-order valence-corrected chi connectivity index (χ2v) is 6.23. The Balaban J connectivity index is 2.03. The lowest BCUT2D eigenvalue weighted by Gasteiger charge is -2.22. The van der Waals surface area contributed by atoms with Gasteiger partial charge in [-0.15, -0.1) is 0 Å². The zero-order chi connectivity index (χ0) is 14.8. The highest BCUT2D eigenvalue weighted by Gasteiger charge is 2.19. The van der Waals surface area contributed by atoms with E-state index in [1.807, 2.05) is 0 Å². The molecule has 0 heterocycles. The minimum absolute atomic E-state index is 0.174. The van der Waals surface area contributed by atoms with Gasteiger partial charge in [-0.25, -0.2) is 0 Å². The molecular weight excluding hydrogens is 278 g/mol. The van der Waals surface area contributed by atoms with Gasteiger partial charge in [0.1, 0.15) is 0 Å². The third-order valence-corrected chi connectivity index (χ3v) is 4.91. The molecule has 21 heavy (non-hydrogen) atoms. The van der Waals surface area contributed by atoms with E-state index in [9.17, 15) is 0 Å². The van der Waals surface area contributed by atoms with Crippen molar-refractivity contribution in [2.75, 3.05) is 6.54 Å². The van der Waals surface area contributed by atoms with Crippen LogP contribution in [-0.4, -0.2) is 6.54 Å². The van der Waals surface area contributed by atoms with Gasteiger partial charge in [0, 0.05) is 5.02 Å². The molecule has 0 fully saturated rings. The quantitative estimate of drug-likeness (QED) is 0.852. The van der Waals surface area contributed by atoms with Crippen molar-refractivity contribution >= 4 is 11.6 Å². The minimum atomic E-state index is 0.174. The van der Waals surface area contributed by atoms with Gasteiger partial charge < -0.3 is 5.32 Å². The standard InChI is InChI=1S/C19H22ClN/c1-3-21-19(17-9-4-6-13(2)18(17)20)16-11-10-14-7-5-8-15(14)12-16/h4,6,9-12,19,21H,3,5,7-8H2,1-2H3. The monoisotopic (exact) mass is 299 g/mol. The van der Waals surface area contributed by atoms with Crippen molar-refractivity contribution in [2.24, 2.45) is 0 Å². The third kappa shape index (κ3) is 2.86. The average Bonchev–Trinajstić information content (AvgIpc) is 2.95. The number of nitrogens with one attached hydrogen (secondary N) is 1. The molecule has 110 valence electrons. The molecule has 2 aromatic rings. The van der Waals surface area contributed by atoms with Crippen molar-refractivity contribution in [2.45, 2.75) is 39.2 Å². The Morgan fingerprint density at radius 1 is 1.14 bits per heavy atom. The maximum atomic E-state index is 6.55. The molecule has 0 spiro atoms. The van der Waals surface area contributed by atoms with Crippen LogP contribution in [-0.2, 0) is 12.8 Å². The van der Waals surface area contributed by atoms with Crippen LogP contribution in [0.3, 0.4) is 0 Å². The Morgan fingerprint density at radius 2 is 1.95 bits per heavy atom. The van der Waals surface area contributed by atoms with Crippen molar-refractivity contribution in [1.82, 2.24) is 5.32 Å². The van der Waals surface area contributed by atoms with E-state index >= 15 is 0 Å². The molecule has 1 aliphatic rings. The first-order chi connectivity index (χ1) is 10.2. The van der Waals surface area contributed by atoms with Crippen LogP contribution >= 0.6 is 11.6 Å². The highest BCUT2D eigenvalue weighted by atomic mass is 35.5. The molecule has 0 bridgehead atoms. The topological polar surface area (TPSA) is 12.0 Å². The third-order valence-electron chi connectivity index (χ3n) is 4.40. The Bertz CT molecular complexity index is 648. The molecule has 3 rings (SSSR count). The number of hydrogen-bond donors (Lipinski definition) is 1. The van der Waals surface area contributed by atoms with Crippen molar-refractivity contribution in [3.8, 4) is 0 Å². The van der Waals surface area contributed by atoms with E-state index in [1.165, 1.54) is 41.5 Å². The molecule has 0 radical (unpaired) electrons. The lowest BCUT2D eigenvalue weighted by Crippen LogP contribution is -2.22. The van der Waals surface area contributed by atoms with Gasteiger partial charge in [0.05, 0.1) is 6.04 Å². The van der Waals surface area contributed by atoms with E-state index < -0.39 is 0 Å². The van der Waals surface area contributed by atoms with Gasteiger partial charge in [-0.2, -0.15) is 0 Å². The highest BCUT2D eigenvalue weighted by molar-refractivity contribution is 6.32. The SMILES string of the molecule is CCNC(c1ccc2c(c1)CCC2)c1cccc(C)c1Cl. The molecule has 2 heteroatoms. The Morgan fingerprint density at radius 3 is 2.76 bits per heavy atom. The van der Waals surface area contributed by atoms with Crippen LogP contribution in [0.5, 0.6) is 0 Å². The predicted molar refractivity (Wildman–Crippen MR) is 90.2 cm³/mol. The van der Waals surface area contributed by atoms with Gasteiger partial charge in [-0.3, -0.25) is 0 Å². The van der Waals surface area contributed by atoms with Crippen LogP contribution in [0.15, 0.2) is 36.4 Å². The first kappa shape index (κ1) is 14.6. The Kier molecular flexibility index (Phi) is 4.32. The second-order valence-electron chi connectivity index (χ2n) is 5.85. The molecular formula is C19H22ClN. The molecule has 0 saturated carbocycles. The average molecular weight is 300 g/mol. The summed E-state index contributed by atoms with van der Waals surface area (Å²) in [5.74, 6) is 0. The normalized spacial score (nSPS) is 15.0. The lowest BCUT2D eigenvalue weighted by atomic mass is 9.94. The van der Waals surface area contributed by atoms with E-state index in [0.29, 0.717) is 0 Å². The van der Waals surface area contributed by atoms with Crippen LogP contribution in [0, 0.1) is 6.92 Å². The number of hydrogen-bond acceptors (Lipinski definition) is 1. The Labute approximate surface area is 132 Å². The summed E-state index contributed by atoms with van der Waals surface area (Å²) in [6, 6.07) is 13.4. The first-order valence-corrected chi connectivity index (χ1v) is 8.18. The van der Waals surface area contributed by atoms with E-state index in [4.69, 9.17) is 11.6 Å². The summed E-state index contributed by atoms with van der Waals surface area (Å²) in [5.41, 5.74) is 6.67. The molecule has 1 atom stereocenters. The molecule has 0 aromatic heterocycles. The largest absolute Gasteiger partial charge is 0.306 e. The van der Waals surface area contributed by atoms with Gasteiger partial charge in [-0.1, -0.05) is 54.9 Å². The summed E-state index contributed by atoms with van der Waals surface area (Å²) >= 11 is 6.55. The lowest BCUT2D eigenvalue weighted by molar-refractivity contribution is 0.630. The number of halogens is 1. The van der Waals surface area contributed by atoms with Gasteiger partial charge >= 0.3 is 0 Å². The molecule has 2 aromatic carbocycles. The van der Waals surface area contributed by atoms with Crippen molar-refractivity contribution in [1.29, 1.82) is 0 Å². The summed E-state index contributed by atoms with van der Waals surface area (Å²) in [7, 11) is 0. The van der Waals surface area contributed by atoms with E-state index in [1.54, 1.807) is 0 Å². The fourth-order valence-electron chi connectivity index (χ4n) is 3.28. The molecule has 1 unspecified atom stereocenters. The summed E-state index contributed by atoms with van der Waals surface area (Å²) in [6.45, 7) is 5.13. The van der Waals surface area contributed by atoms with Gasteiger partial charge in [0.2, 0.25) is 0 Å². The number of aryl methyl sites for hydroxylation is 3. The van der Waals surface area contributed by atoms with E-state index in [2.05, 4.69) is 55.6 Å². The maximum absolute atomic E-state index is 6.55. The summed E-state index contributed by atoms with van der Waals surface area (Å²) in [6.07, 6.45) is 3.73. The fourth-order valence-corrected chi connectivity index (χ4v) is 3.51.